The van der Waals surface area contributed by atoms with Crippen molar-refractivity contribution in [1.29, 1.82) is 0 Å². The van der Waals surface area contributed by atoms with Crippen LogP contribution in [0.25, 0.3) is 0 Å². The number of hydrogen-bond acceptors (Lipinski definition) is 7. The molecule has 0 heterocycles. The smallest absolute Gasteiger partial charge is 0.306 e. The van der Waals surface area contributed by atoms with E-state index >= 15 is 0 Å². The molecule has 380 valence electrons. The number of allylic oxidation sites excluding steroid dienone is 12. The number of carbonyl (C=O) groups is 3. The highest BCUT2D eigenvalue weighted by molar-refractivity contribution is 5.70. The number of carboxylic acid groups (broad SMARTS) is 1. The summed E-state index contributed by atoms with van der Waals surface area (Å²) in [6.45, 7) is 4.53. The van der Waals surface area contributed by atoms with Gasteiger partial charge in [-0.25, -0.2) is 0 Å². The molecule has 66 heavy (non-hydrogen) atoms. The summed E-state index contributed by atoms with van der Waals surface area (Å²) >= 11 is 0. The van der Waals surface area contributed by atoms with Gasteiger partial charge in [0.15, 0.2) is 6.10 Å². The second-order valence-electron chi connectivity index (χ2n) is 19.1. The molecular formula is C58H101NO7. The molecule has 0 aliphatic rings. The average molecular weight is 924 g/mol. The largest absolute Gasteiger partial charge is 0.544 e. The van der Waals surface area contributed by atoms with Crippen molar-refractivity contribution in [3.8, 4) is 0 Å². The van der Waals surface area contributed by atoms with E-state index in [-0.39, 0.29) is 49.1 Å². The van der Waals surface area contributed by atoms with E-state index in [4.69, 9.17) is 14.2 Å². The minimum atomic E-state index is -1.13. The maximum absolute atomic E-state index is 12.8. The first kappa shape index (κ1) is 62.8. The van der Waals surface area contributed by atoms with E-state index < -0.39 is 18.1 Å². The third kappa shape index (κ3) is 45.9. The summed E-state index contributed by atoms with van der Waals surface area (Å²) in [5.41, 5.74) is 0. The molecule has 2 atom stereocenters. The van der Waals surface area contributed by atoms with Gasteiger partial charge in [-0.05, 0) is 83.5 Å². The molecule has 8 heteroatoms. The van der Waals surface area contributed by atoms with Gasteiger partial charge in [-0.2, -0.15) is 0 Å². The van der Waals surface area contributed by atoms with E-state index in [2.05, 4.69) is 86.8 Å². The van der Waals surface area contributed by atoms with Gasteiger partial charge in [0, 0.05) is 19.3 Å². The highest BCUT2D eigenvalue weighted by Crippen LogP contribution is 2.15. The lowest BCUT2D eigenvalue weighted by Crippen LogP contribution is -2.55. The van der Waals surface area contributed by atoms with Crippen LogP contribution in [0.4, 0.5) is 0 Å². The minimum Gasteiger partial charge on any atom is -0.544 e. The van der Waals surface area contributed by atoms with Crippen molar-refractivity contribution >= 4 is 17.9 Å². The number of likely N-dealkylation sites (N-methyl/N-ethyl adjacent to an activating group) is 1. The first-order valence-electron chi connectivity index (χ1n) is 27.0. The summed E-state index contributed by atoms with van der Waals surface area (Å²) < 4.78 is 17.2. The van der Waals surface area contributed by atoms with Crippen molar-refractivity contribution in [3.05, 3.63) is 72.9 Å². The number of carboxylic acids is 1. The van der Waals surface area contributed by atoms with Gasteiger partial charge in [0.25, 0.3) is 0 Å². The van der Waals surface area contributed by atoms with Crippen LogP contribution in [0.2, 0.25) is 0 Å². The fourth-order valence-electron chi connectivity index (χ4n) is 7.68. The molecule has 0 aromatic rings. The summed E-state index contributed by atoms with van der Waals surface area (Å²) in [5, 5.41) is 11.7. The normalized spacial score (nSPS) is 13.4. The number of unbranched alkanes of at least 4 members (excludes halogenated alkanes) is 22. The Bertz CT molecular complexity index is 1310. The number of rotatable bonds is 48. The Morgan fingerprint density at radius 3 is 1.27 bits per heavy atom. The van der Waals surface area contributed by atoms with Crippen molar-refractivity contribution in [3.63, 3.8) is 0 Å². The summed E-state index contributed by atoms with van der Waals surface area (Å²) in [7, 11) is 5.40. The number of nitrogens with zero attached hydrogens (tertiary/aromatic N) is 1. The summed E-state index contributed by atoms with van der Waals surface area (Å²) in [4.78, 5) is 37.1. The molecule has 0 bridgehead atoms. The maximum atomic E-state index is 12.8. The standard InChI is InChI=1S/C58H101NO7/c1-6-8-10-12-14-16-18-20-22-24-26-28-29-31-32-34-36-38-40-42-44-46-48-56(60)65-53-54(52-64-51-50-55(58(62)63)59(3,4)5)66-57(61)49-47-45-43-41-39-37-35-33-30-27-25-23-21-19-17-15-13-11-9-7-2/h9,11,15,17,21,23,27,29-31,35,37,54-55H,6-8,10,12-14,16,18-20,22,24-26,28,32-34,36,38-53H2,1-5H3/b11-9+,17-15+,23-21+,30-27+,31-29+,37-35+. The fourth-order valence-corrected chi connectivity index (χ4v) is 7.68. The topological polar surface area (TPSA) is 102 Å². The van der Waals surface area contributed by atoms with Crippen LogP contribution in [0.15, 0.2) is 72.9 Å². The Morgan fingerprint density at radius 1 is 0.470 bits per heavy atom. The molecule has 0 aromatic carbocycles. The molecule has 0 radical (unpaired) electrons. The van der Waals surface area contributed by atoms with Crippen molar-refractivity contribution < 1.29 is 38.2 Å². The van der Waals surface area contributed by atoms with Crippen molar-refractivity contribution in [2.24, 2.45) is 0 Å². The SMILES string of the molecule is CC/C=C/C/C=C/C/C=C/C/C=C/C/C=C/CCCCCCC(=O)OC(COCCC(C(=O)[O-])[N+](C)(C)C)COC(=O)CCCCCCCCC/C=C/CCCCCCCCCCCCC. The number of esters is 2. The van der Waals surface area contributed by atoms with Crippen molar-refractivity contribution in [2.45, 2.75) is 238 Å². The molecule has 0 rings (SSSR count). The van der Waals surface area contributed by atoms with E-state index in [1.165, 1.54) is 109 Å². The van der Waals surface area contributed by atoms with Crippen LogP contribution in [0.1, 0.15) is 226 Å². The van der Waals surface area contributed by atoms with E-state index in [1.807, 2.05) is 0 Å². The Kier molecular flexibility index (Phi) is 45.9. The molecule has 0 saturated heterocycles. The number of carbonyl (C=O) groups excluding carboxylic acids is 3. The van der Waals surface area contributed by atoms with E-state index in [0.717, 1.165) is 83.5 Å². The molecular weight excluding hydrogens is 823 g/mol. The third-order valence-corrected chi connectivity index (χ3v) is 11.8. The molecule has 0 amide bonds. The molecule has 8 nitrogen and oxygen atoms in total. The second kappa shape index (κ2) is 48.2. The Balaban J connectivity index is 4.27. The number of hydrogen-bond donors (Lipinski definition) is 0. The highest BCUT2D eigenvalue weighted by atomic mass is 16.6. The lowest BCUT2D eigenvalue weighted by molar-refractivity contribution is -0.889. The van der Waals surface area contributed by atoms with Crippen LogP contribution in [-0.4, -0.2) is 75.5 Å². The predicted molar refractivity (Wildman–Crippen MR) is 277 cm³/mol. The van der Waals surface area contributed by atoms with Crippen LogP contribution in [0, 0.1) is 0 Å². The number of aliphatic carboxylic acids is 1. The summed E-state index contributed by atoms with van der Waals surface area (Å²) in [6.07, 6.45) is 62.2. The minimum absolute atomic E-state index is 0.0262. The fraction of sp³-hybridized carbons (Fsp3) is 0.741. The Labute approximate surface area is 406 Å². The Morgan fingerprint density at radius 2 is 0.848 bits per heavy atom. The molecule has 0 spiro atoms. The lowest BCUT2D eigenvalue weighted by atomic mass is 10.0. The summed E-state index contributed by atoms with van der Waals surface area (Å²) in [5.74, 6) is -1.77. The predicted octanol–water partition coefficient (Wildman–Crippen LogP) is 14.5. The van der Waals surface area contributed by atoms with Crippen LogP contribution in [0.5, 0.6) is 0 Å². The molecule has 2 unspecified atom stereocenters. The molecule has 0 N–H and O–H groups in total. The van der Waals surface area contributed by atoms with Gasteiger partial charge in [0.2, 0.25) is 0 Å². The quantitative estimate of drug-likeness (QED) is 0.0259. The van der Waals surface area contributed by atoms with Gasteiger partial charge in [0.1, 0.15) is 12.6 Å². The van der Waals surface area contributed by atoms with Gasteiger partial charge >= 0.3 is 11.9 Å². The van der Waals surface area contributed by atoms with Gasteiger partial charge in [-0.15, -0.1) is 0 Å². The molecule has 0 fully saturated rings. The zero-order valence-corrected chi connectivity index (χ0v) is 43.3. The van der Waals surface area contributed by atoms with E-state index in [0.29, 0.717) is 6.42 Å². The molecule has 0 aliphatic carbocycles. The van der Waals surface area contributed by atoms with Crippen molar-refractivity contribution in [1.82, 2.24) is 0 Å². The van der Waals surface area contributed by atoms with Crippen LogP contribution in [-0.2, 0) is 28.6 Å². The first-order chi connectivity index (χ1) is 32.1. The molecule has 0 aromatic heterocycles. The van der Waals surface area contributed by atoms with Gasteiger partial charge in [-0.3, -0.25) is 9.59 Å². The van der Waals surface area contributed by atoms with Crippen LogP contribution < -0.4 is 5.11 Å². The molecule has 0 saturated carbocycles. The van der Waals surface area contributed by atoms with Crippen molar-refractivity contribution in [2.75, 3.05) is 41.0 Å². The summed E-state index contributed by atoms with van der Waals surface area (Å²) in [6, 6.07) is -0.735. The zero-order valence-electron chi connectivity index (χ0n) is 43.3. The first-order valence-corrected chi connectivity index (χ1v) is 27.0. The number of quaternary nitrogens is 1. The maximum Gasteiger partial charge on any atom is 0.306 e. The monoisotopic (exact) mass is 924 g/mol. The zero-order chi connectivity index (χ0) is 48.4. The Hall–Kier alpha value is -3.23. The van der Waals surface area contributed by atoms with E-state index in [9.17, 15) is 19.5 Å². The van der Waals surface area contributed by atoms with Gasteiger partial charge in [-0.1, -0.05) is 196 Å². The number of ether oxygens (including phenoxy) is 3. The lowest BCUT2D eigenvalue weighted by Gasteiger charge is -2.34. The highest BCUT2D eigenvalue weighted by Gasteiger charge is 2.25. The van der Waals surface area contributed by atoms with E-state index in [1.54, 1.807) is 21.1 Å². The van der Waals surface area contributed by atoms with Gasteiger partial charge in [0.05, 0.1) is 40.3 Å². The van der Waals surface area contributed by atoms with Gasteiger partial charge < -0.3 is 28.6 Å². The molecule has 0 aliphatic heterocycles. The second-order valence-corrected chi connectivity index (χ2v) is 19.1. The average Bonchev–Trinajstić information content (AvgIpc) is 3.28. The third-order valence-electron chi connectivity index (χ3n) is 11.8. The van der Waals surface area contributed by atoms with Crippen LogP contribution >= 0.6 is 0 Å². The van der Waals surface area contributed by atoms with Crippen LogP contribution in [0.3, 0.4) is 0 Å².